The molecule has 2 aromatic heterocycles. The van der Waals surface area contributed by atoms with Crippen molar-refractivity contribution in [2.75, 3.05) is 18.4 Å². The van der Waals surface area contributed by atoms with Gasteiger partial charge in [-0.2, -0.15) is 0 Å². The van der Waals surface area contributed by atoms with E-state index in [1.165, 1.54) is 47.2 Å². The van der Waals surface area contributed by atoms with Crippen molar-refractivity contribution in [2.24, 2.45) is 0 Å². The zero-order valence-corrected chi connectivity index (χ0v) is 19.9. The molecule has 0 fully saturated rings. The number of aromatic nitrogens is 2. The molecular formula is C27H33ClN4O. The van der Waals surface area contributed by atoms with E-state index in [9.17, 15) is 4.79 Å². The minimum atomic E-state index is 0.00763. The van der Waals surface area contributed by atoms with Crippen LogP contribution in [0.4, 0.5) is 5.69 Å². The van der Waals surface area contributed by atoms with Gasteiger partial charge >= 0.3 is 0 Å². The zero-order chi connectivity index (χ0) is 22.6. The summed E-state index contributed by atoms with van der Waals surface area (Å²) in [5.74, 6) is 0. The number of anilines is 1. The Morgan fingerprint density at radius 2 is 1.88 bits per heavy atom. The van der Waals surface area contributed by atoms with Gasteiger partial charge in [0, 0.05) is 46.1 Å². The molecule has 5 rings (SSSR count). The van der Waals surface area contributed by atoms with Crippen LogP contribution in [0, 0.1) is 0 Å². The predicted octanol–water partition coefficient (Wildman–Crippen LogP) is 5.70. The van der Waals surface area contributed by atoms with Crippen LogP contribution >= 0.6 is 11.6 Å². The van der Waals surface area contributed by atoms with Crippen molar-refractivity contribution in [3.63, 3.8) is 0 Å². The molecule has 6 heteroatoms. The molecule has 3 N–H and O–H groups in total. The smallest absolute Gasteiger partial charge is 0.248 e. The van der Waals surface area contributed by atoms with E-state index in [2.05, 4.69) is 21.7 Å². The van der Waals surface area contributed by atoms with Gasteiger partial charge in [-0.05, 0) is 93.7 Å². The van der Waals surface area contributed by atoms with Crippen molar-refractivity contribution in [2.45, 2.75) is 70.3 Å². The molecule has 0 bridgehead atoms. The molecule has 1 unspecified atom stereocenters. The van der Waals surface area contributed by atoms with Crippen LogP contribution in [0.15, 0.2) is 35.1 Å². The first-order valence-corrected chi connectivity index (χ1v) is 12.9. The quantitative estimate of drug-likeness (QED) is 0.374. The third kappa shape index (κ3) is 5.10. The SMILES string of the molecule is O=c1ccc2c([nH]1)CCCC2NCCCCCNc1c2c(nc3cc(Cl)ccc13)CCCC2. The first-order chi connectivity index (χ1) is 16.2. The van der Waals surface area contributed by atoms with Gasteiger partial charge in [0.2, 0.25) is 5.56 Å². The van der Waals surface area contributed by atoms with E-state index in [4.69, 9.17) is 16.6 Å². The number of nitrogens with one attached hydrogen (secondary N) is 3. The van der Waals surface area contributed by atoms with Crippen molar-refractivity contribution >= 4 is 28.2 Å². The number of nitrogens with zero attached hydrogens (tertiary/aromatic N) is 1. The number of halogens is 1. The number of pyridine rings is 2. The second kappa shape index (κ2) is 10.3. The Kier molecular flexibility index (Phi) is 6.98. The molecule has 2 aliphatic carbocycles. The first-order valence-electron chi connectivity index (χ1n) is 12.5. The lowest BCUT2D eigenvalue weighted by molar-refractivity contribution is 0.446. The molecule has 0 radical (unpaired) electrons. The van der Waals surface area contributed by atoms with Gasteiger partial charge in [-0.1, -0.05) is 24.1 Å². The van der Waals surface area contributed by atoms with Gasteiger partial charge in [0.1, 0.15) is 0 Å². The maximum absolute atomic E-state index is 11.6. The molecule has 0 saturated heterocycles. The molecule has 5 nitrogen and oxygen atoms in total. The number of aryl methyl sites for hydroxylation is 2. The monoisotopic (exact) mass is 464 g/mol. The molecule has 0 aliphatic heterocycles. The lowest BCUT2D eigenvalue weighted by Gasteiger charge is -2.26. The van der Waals surface area contributed by atoms with E-state index >= 15 is 0 Å². The van der Waals surface area contributed by atoms with Crippen molar-refractivity contribution in [3.8, 4) is 0 Å². The second-order valence-corrected chi connectivity index (χ2v) is 9.86. The summed E-state index contributed by atoms with van der Waals surface area (Å²) >= 11 is 6.24. The van der Waals surface area contributed by atoms with E-state index < -0.39 is 0 Å². The summed E-state index contributed by atoms with van der Waals surface area (Å²) < 4.78 is 0. The summed E-state index contributed by atoms with van der Waals surface area (Å²) in [6.45, 7) is 1.98. The third-order valence-electron chi connectivity index (χ3n) is 7.10. The number of unbranched alkanes of at least 4 members (excludes halogenated alkanes) is 2. The van der Waals surface area contributed by atoms with Gasteiger partial charge in [0.15, 0.2) is 0 Å². The van der Waals surface area contributed by atoms with Crippen molar-refractivity contribution in [3.05, 3.63) is 68.2 Å². The first kappa shape index (κ1) is 22.4. The summed E-state index contributed by atoms with van der Waals surface area (Å²) in [5.41, 5.74) is 7.33. The fraction of sp³-hybridized carbons (Fsp3) is 0.481. The summed E-state index contributed by atoms with van der Waals surface area (Å²) in [4.78, 5) is 19.5. The molecule has 0 spiro atoms. The summed E-state index contributed by atoms with van der Waals surface area (Å²) in [6.07, 6.45) is 11.4. The Morgan fingerprint density at radius 1 is 1.00 bits per heavy atom. The lowest BCUT2D eigenvalue weighted by Crippen LogP contribution is -2.28. The molecule has 3 aromatic rings. The zero-order valence-electron chi connectivity index (χ0n) is 19.2. The van der Waals surface area contributed by atoms with Crippen LogP contribution in [-0.4, -0.2) is 23.1 Å². The second-order valence-electron chi connectivity index (χ2n) is 9.42. The van der Waals surface area contributed by atoms with Gasteiger partial charge in [-0.25, -0.2) is 0 Å². The topological polar surface area (TPSA) is 69.8 Å². The van der Waals surface area contributed by atoms with Gasteiger partial charge in [0.25, 0.3) is 0 Å². The summed E-state index contributed by atoms with van der Waals surface area (Å²) in [6, 6.07) is 10.1. The fourth-order valence-electron chi connectivity index (χ4n) is 5.43. The fourth-order valence-corrected chi connectivity index (χ4v) is 5.60. The highest BCUT2D eigenvalue weighted by molar-refractivity contribution is 6.31. The molecular weight excluding hydrogens is 432 g/mol. The van der Waals surface area contributed by atoms with Gasteiger partial charge in [0.05, 0.1) is 5.52 Å². The van der Waals surface area contributed by atoms with Crippen molar-refractivity contribution in [1.29, 1.82) is 0 Å². The average molecular weight is 465 g/mol. The number of benzene rings is 1. The molecule has 2 aliphatic rings. The molecule has 2 heterocycles. The number of fused-ring (bicyclic) bond motifs is 3. The lowest BCUT2D eigenvalue weighted by atomic mass is 9.91. The molecule has 0 amide bonds. The van der Waals surface area contributed by atoms with Gasteiger partial charge < -0.3 is 15.6 Å². The Hall–Kier alpha value is -2.37. The molecule has 1 atom stereocenters. The summed E-state index contributed by atoms with van der Waals surface area (Å²) in [5, 5.41) is 9.41. The van der Waals surface area contributed by atoms with Gasteiger partial charge in [-0.3, -0.25) is 9.78 Å². The Balaban J connectivity index is 1.13. The van der Waals surface area contributed by atoms with E-state index in [0.29, 0.717) is 6.04 Å². The number of H-pyrrole nitrogens is 1. The van der Waals surface area contributed by atoms with Gasteiger partial charge in [-0.15, -0.1) is 0 Å². The highest BCUT2D eigenvalue weighted by Gasteiger charge is 2.20. The van der Waals surface area contributed by atoms with Crippen LogP contribution in [-0.2, 0) is 19.3 Å². The third-order valence-corrected chi connectivity index (χ3v) is 7.34. The minimum absolute atomic E-state index is 0.00763. The maximum Gasteiger partial charge on any atom is 0.248 e. The number of hydrogen-bond acceptors (Lipinski definition) is 4. The highest BCUT2D eigenvalue weighted by Crippen LogP contribution is 2.34. The van der Waals surface area contributed by atoms with E-state index in [0.717, 1.165) is 74.3 Å². The Bertz CT molecular complexity index is 1190. The average Bonchev–Trinajstić information content (AvgIpc) is 2.82. The van der Waals surface area contributed by atoms with E-state index in [-0.39, 0.29) is 5.56 Å². The minimum Gasteiger partial charge on any atom is -0.384 e. The van der Waals surface area contributed by atoms with Crippen LogP contribution in [0.1, 0.15) is 73.5 Å². The summed E-state index contributed by atoms with van der Waals surface area (Å²) in [7, 11) is 0. The Morgan fingerprint density at radius 3 is 2.82 bits per heavy atom. The highest BCUT2D eigenvalue weighted by atomic mass is 35.5. The number of aromatic amines is 1. The molecule has 1 aromatic carbocycles. The molecule has 174 valence electrons. The standard InChI is InChI=1S/C27H33ClN4O/c28-18-11-12-21-25(17-18)31-24-8-3-2-7-20(24)27(21)30-16-5-1-4-15-29-22-9-6-10-23-19(22)13-14-26(33)32-23/h11-14,17,22,29H,1-10,15-16H2,(H,30,31)(H,32,33). The number of rotatable bonds is 8. The van der Waals surface area contributed by atoms with Crippen LogP contribution in [0.3, 0.4) is 0 Å². The van der Waals surface area contributed by atoms with Crippen LogP contribution in [0.25, 0.3) is 10.9 Å². The van der Waals surface area contributed by atoms with E-state index in [1.807, 2.05) is 18.2 Å². The largest absolute Gasteiger partial charge is 0.384 e. The Labute approximate surface area is 200 Å². The van der Waals surface area contributed by atoms with Crippen LogP contribution < -0.4 is 16.2 Å². The molecule has 0 saturated carbocycles. The van der Waals surface area contributed by atoms with E-state index in [1.54, 1.807) is 6.07 Å². The van der Waals surface area contributed by atoms with Crippen LogP contribution in [0.5, 0.6) is 0 Å². The number of hydrogen-bond donors (Lipinski definition) is 3. The van der Waals surface area contributed by atoms with Crippen molar-refractivity contribution < 1.29 is 0 Å². The maximum atomic E-state index is 11.6. The van der Waals surface area contributed by atoms with Crippen molar-refractivity contribution in [1.82, 2.24) is 15.3 Å². The van der Waals surface area contributed by atoms with Crippen LogP contribution in [0.2, 0.25) is 5.02 Å². The molecule has 33 heavy (non-hydrogen) atoms. The predicted molar refractivity (Wildman–Crippen MR) is 136 cm³/mol. The normalized spacial score (nSPS) is 17.5.